The number of nitrogens with two attached hydrogens (primary N) is 1. The smallest absolute Gasteiger partial charge is 0.311 e. The molecule has 2 rings (SSSR count). The normalized spacial score (nSPS) is 17.5. The minimum atomic E-state index is -1.24. The second-order valence-corrected chi connectivity index (χ2v) is 6.50. The Hall–Kier alpha value is -1.92. The molecule has 1 amide bonds. The zero-order valence-electron chi connectivity index (χ0n) is 14.8. The van der Waals surface area contributed by atoms with Gasteiger partial charge in [0.05, 0.1) is 13.5 Å². The molecule has 132 valence electrons. The lowest BCUT2D eigenvalue weighted by Crippen LogP contribution is -2.54. The fraction of sp³-hybridized carbons (Fsp3) is 0.556. The molecule has 0 atom stereocenters. The lowest BCUT2D eigenvalue weighted by Gasteiger charge is -2.37. The minimum absolute atomic E-state index is 0.140. The zero-order chi connectivity index (χ0) is 17.9. The van der Waals surface area contributed by atoms with Gasteiger partial charge in [-0.1, -0.05) is 17.7 Å². The predicted octanol–water partition coefficient (Wildman–Crippen LogP) is 1.58. The first kappa shape index (κ1) is 18.4. The molecular weight excluding hydrogens is 308 g/mol. The van der Waals surface area contributed by atoms with E-state index in [2.05, 4.69) is 0 Å². The second-order valence-electron chi connectivity index (χ2n) is 6.50. The Labute approximate surface area is 142 Å². The molecule has 1 fully saturated rings. The highest BCUT2D eigenvalue weighted by molar-refractivity contribution is 5.87. The predicted molar refractivity (Wildman–Crippen MR) is 90.2 cm³/mol. The molecule has 1 aromatic carbocycles. The fourth-order valence-electron chi connectivity index (χ4n) is 3.32. The summed E-state index contributed by atoms with van der Waals surface area (Å²) in [5, 5.41) is 1.73. The molecule has 0 saturated carbocycles. The van der Waals surface area contributed by atoms with Crippen molar-refractivity contribution in [3.8, 4) is 0 Å². The molecule has 0 aliphatic carbocycles. The summed E-state index contributed by atoms with van der Waals surface area (Å²) in [4.78, 5) is 29.5. The summed E-state index contributed by atoms with van der Waals surface area (Å²) in [5.74, 6) is -1.02. The monoisotopic (exact) mass is 334 g/mol. The highest BCUT2D eigenvalue weighted by atomic mass is 16.7. The van der Waals surface area contributed by atoms with Crippen molar-refractivity contribution in [2.75, 3.05) is 20.2 Å². The highest BCUT2D eigenvalue weighted by Gasteiger charge is 2.43. The molecule has 0 spiro atoms. The van der Waals surface area contributed by atoms with Gasteiger partial charge in [-0.05, 0) is 37.5 Å². The summed E-state index contributed by atoms with van der Waals surface area (Å²) >= 11 is 0. The molecule has 1 aromatic rings. The van der Waals surface area contributed by atoms with Gasteiger partial charge in [0.25, 0.3) is 5.91 Å². The Kier molecular flexibility index (Phi) is 5.62. The zero-order valence-corrected chi connectivity index (χ0v) is 14.8. The van der Waals surface area contributed by atoms with E-state index in [-0.39, 0.29) is 6.42 Å². The number of hydrogen-bond acceptors (Lipinski definition) is 5. The van der Waals surface area contributed by atoms with E-state index in [1.807, 2.05) is 32.9 Å². The third-order valence-electron chi connectivity index (χ3n) is 4.71. The number of nitrogens with zero attached hydrogens (tertiary/aromatic N) is 1. The van der Waals surface area contributed by atoms with Crippen LogP contribution in [0.1, 0.15) is 35.1 Å². The van der Waals surface area contributed by atoms with E-state index in [4.69, 9.17) is 15.3 Å². The van der Waals surface area contributed by atoms with E-state index in [0.717, 1.165) is 22.3 Å². The van der Waals surface area contributed by atoms with Crippen molar-refractivity contribution in [1.29, 1.82) is 0 Å². The molecule has 24 heavy (non-hydrogen) atoms. The van der Waals surface area contributed by atoms with Gasteiger partial charge in [-0.25, -0.2) is 0 Å². The first-order valence-corrected chi connectivity index (χ1v) is 8.15. The number of ether oxygens (including phenoxy) is 1. The number of piperidine rings is 1. The van der Waals surface area contributed by atoms with Gasteiger partial charge in [0.15, 0.2) is 5.60 Å². The van der Waals surface area contributed by atoms with Crippen LogP contribution in [0.5, 0.6) is 0 Å². The third-order valence-corrected chi connectivity index (χ3v) is 4.71. The lowest BCUT2D eigenvalue weighted by molar-refractivity contribution is -0.195. The summed E-state index contributed by atoms with van der Waals surface area (Å²) in [5.41, 5.74) is 8.49. The van der Waals surface area contributed by atoms with Crippen molar-refractivity contribution in [2.45, 2.75) is 45.6 Å². The van der Waals surface area contributed by atoms with Crippen LogP contribution in [0.4, 0.5) is 0 Å². The van der Waals surface area contributed by atoms with Crippen LogP contribution in [-0.2, 0) is 25.6 Å². The molecule has 0 aromatic heterocycles. The van der Waals surface area contributed by atoms with Gasteiger partial charge in [-0.3, -0.25) is 9.59 Å². The number of benzene rings is 1. The third kappa shape index (κ3) is 3.94. The number of hydrogen-bond donors (Lipinski definition) is 1. The highest BCUT2D eigenvalue weighted by Crippen LogP contribution is 2.27. The van der Waals surface area contributed by atoms with Crippen molar-refractivity contribution >= 4 is 11.9 Å². The van der Waals surface area contributed by atoms with Gasteiger partial charge >= 0.3 is 5.97 Å². The number of carbonyl (C=O) groups excluding carboxylic acids is 2. The molecule has 6 heteroatoms. The van der Waals surface area contributed by atoms with Crippen LogP contribution in [0.2, 0.25) is 0 Å². The average Bonchev–Trinajstić information content (AvgIpc) is 2.51. The number of amides is 1. The SMILES string of the molecule is CON1CCC(OC(=O)Cc2c(C)cc(C)cc2C)(C(N)=O)CC1. The maximum absolute atomic E-state index is 12.5. The van der Waals surface area contributed by atoms with Crippen LogP contribution in [0.15, 0.2) is 12.1 Å². The average molecular weight is 334 g/mol. The first-order valence-electron chi connectivity index (χ1n) is 8.15. The molecule has 1 aliphatic heterocycles. The van der Waals surface area contributed by atoms with Crippen molar-refractivity contribution in [1.82, 2.24) is 5.06 Å². The molecule has 0 bridgehead atoms. The summed E-state index contributed by atoms with van der Waals surface area (Å²) in [6, 6.07) is 4.08. The lowest BCUT2D eigenvalue weighted by atomic mass is 9.91. The van der Waals surface area contributed by atoms with Gasteiger partial charge in [0.2, 0.25) is 0 Å². The molecule has 1 heterocycles. The van der Waals surface area contributed by atoms with Crippen LogP contribution >= 0.6 is 0 Å². The summed E-state index contributed by atoms with van der Waals surface area (Å²) in [6.07, 6.45) is 0.822. The maximum atomic E-state index is 12.5. The van der Waals surface area contributed by atoms with E-state index in [1.54, 1.807) is 12.2 Å². The number of carbonyl (C=O) groups is 2. The number of aryl methyl sites for hydroxylation is 3. The molecule has 6 nitrogen and oxygen atoms in total. The van der Waals surface area contributed by atoms with E-state index in [0.29, 0.717) is 25.9 Å². The maximum Gasteiger partial charge on any atom is 0.311 e. The summed E-state index contributed by atoms with van der Waals surface area (Å²) in [6.45, 7) is 6.96. The minimum Gasteiger partial charge on any atom is -0.449 e. The van der Waals surface area contributed by atoms with E-state index in [1.165, 1.54) is 0 Å². The van der Waals surface area contributed by atoms with Gasteiger partial charge in [0, 0.05) is 25.9 Å². The standard InChI is InChI=1S/C18H26N2O4/c1-12-9-13(2)15(14(3)10-12)11-16(21)24-18(17(19)22)5-7-20(23-4)8-6-18/h9-10H,5-8,11H2,1-4H3,(H2,19,22). The fourth-order valence-corrected chi connectivity index (χ4v) is 3.32. The van der Waals surface area contributed by atoms with Gasteiger partial charge < -0.3 is 15.3 Å². The number of esters is 1. The number of hydroxylamine groups is 2. The topological polar surface area (TPSA) is 81.9 Å². The Morgan fingerprint density at radius 2 is 1.71 bits per heavy atom. The van der Waals surface area contributed by atoms with Gasteiger partial charge in [-0.2, -0.15) is 5.06 Å². The summed E-state index contributed by atoms with van der Waals surface area (Å²) < 4.78 is 5.58. The van der Waals surface area contributed by atoms with Crippen LogP contribution in [0.25, 0.3) is 0 Å². The van der Waals surface area contributed by atoms with Crippen molar-refractivity contribution < 1.29 is 19.2 Å². The molecule has 1 aliphatic rings. The molecular formula is C18H26N2O4. The van der Waals surface area contributed by atoms with E-state index >= 15 is 0 Å². The summed E-state index contributed by atoms with van der Waals surface area (Å²) in [7, 11) is 1.58. The van der Waals surface area contributed by atoms with E-state index < -0.39 is 17.5 Å². The molecule has 2 N–H and O–H groups in total. The van der Waals surface area contributed by atoms with Crippen molar-refractivity contribution in [3.63, 3.8) is 0 Å². The van der Waals surface area contributed by atoms with Crippen LogP contribution < -0.4 is 5.73 Å². The Balaban J connectivity index is 2.11. The Morgan fingerprint density at radius 1 is 1.17 bits per heavy atom. The number of rotatable bonds is 5. The second kappa shape index (κ2) is 7.32. The molecule has 0 radical (unpaired) electrons. The molecule has 0 unspecified atom stereocenters. The van der Waals surface area contributed by atoms with Crippen molar-refractivity contribution in [3.05, 3.63) is 34.4 Å². The largest absolute Gasteiger partial charge is 0.449 e. The first-order chi connectivity index (χ1) is 11.3. The molecule has 1 saturated heterocycles. The van der Waals surface area contributed by atoms with Crippen LogP contribution in [0.3, 0.4) is 0 Å². The van der Waals surface area contributed by atoms with Crippen LogP contribution in [0, 0.1) is 20.8 Å². The van der Waals surface area contributed by atoms with E-state index in [9.17, 15) is 9.59 Å². The van der Waals surface area contributed by atoms with Crippen LogP contribution in [-0.4, -0.2) is 42.7 Å². The quantitative estimate of drug-likeness (QED) is 0.827. The number of primary amides is 1. The van der Waals surface area contributed by atoms with Gasteiger partial charge in [-0.15, -0.1) is 0 Å². The van der Waals surface area contributed by atoms with Crippen molar-refractivity contribution in [2.24, 2.45) is 5.73 Å². The van der Waals surface area contributed by atoms with Gasteiger partial charge in [0.1, 0.15) is 0 Å². The Bertz CT molecular complexity index is 611. The Morgan fingerprint density at radius 3 is 2.17 bits per heavy atom.